The number of esters is 2. The maximum absolute atomic E-state index is 12.3. The molecule has 1 amide bonds. The van der Waals surface area contributed by atoms with Crippen LogP contribution in [-0.2, 0) is 25.5 Å². The Labute approximate surface area is 152 Å². The van der Waals surface area contributed by atoms with Crippen LogP contribution in [0.1, 0.15) is 43.6 Å². The molecule has 2 rings (SSSR count). The van der Waals surface area contributed by atoms with Crippen LogP contribution in [0, 0.1) is 5.41 Å². The number of ether oxygens (including phenoxy) is 2. The lowest BCUT2D eigenvalue weighted by Crippen LogP contribution is -2.52. The summed E-state index contributed by atoms with van der Waals surface area (Å²) in [5.41, 5.74) is 0.0504. The third kappa shape index (κ3) is 4.75. The zero-order valence-corrected chi connectivity index (χ0v) is 15.2. The van der Waals surface area contributed by atoms with E-state index in [1.165, 1.54) is 13.0 Å². The van der Waals surface area contributed by atoms with Gasteiger partial charge in [0.25, 0.3) is 0 Å². The van der Waals surface area contributed by atoms with Gasteiger partial charge in [-0.3, -0.25) is 9.59 Å². The van der Waals surface area contributed by atoms with Gasteiger partial charge in [-0.1, -0.05) is 12.1 Å². The molecule has 0 saturated carbocycles. The van der Waals surface area contributed by atoms with Crippen molar-refractivity contribution in [2.75, 3.05) is 6.79 Å². The Morgan fingerprint density at radius 1 is 1.31 bits per heavy atom. The van der Waals surface area contributed by atoms with Crippen molar-refractivity contribution >= 4 is 25.0 Å². The Hall–Kier alpha value is -2.55. The molecular formula is C17H22BNO7. The third-order valence-electron chi connectivity index (χ3n) is 3.72. The highest BCUT2D eigenvalue weighted by molar-refractivity contribution is 6.47. The van der Waals surface area contributed by atoms with Gasteiger partial charge < -0.3 is 24.5 Å². The van der Waals surface area contributed by atoms with Crippen molar-refractivity contribution in [3.05, 3.63) is 29.3 Å². The quantitative estimate of drug-likeness (QED) is 0.463. The highest BCUT2D eigenvalue weighted by atomic mass is 16.7. The molecule has 1 aromatic rings. The minimum absolute atomic E-state index is 0.106. The highest BCUT2D eigenvalue weighted by Gasteiger charge is 2.37. The number of amides is 1. The van der Waals surface area contributed by atoms with Crippen molar-refractivity contribution in [3.8, 4) is 5.75 Å². The minimum atomic E-state index is -1.29. The number of hydrogen-bond donors (Lipinski definition) is 2. The summed E-state index contributed by atoms with van der Waals surface area (Å²) >= 11 is 0. The van der Waals surface area contributed by atoms with E-state index in [9.17, 15) is 19.4 Å². The summed E-state index contributed by atoms with van der Waals surface area (Å²) in [5, 5.41) is 12.6. The average molecular weight is 363 g/mol. The zero-order valence-electron chi connectivity index (χ0n) is 15.2. The van der Waals surface area contributed by atoms with Crippen molar-refractivity contribution in [1.82, 2.24) is 5.32 Å². The molecule has 0 fully saturated rings. The lowest BCUT2D eigenvalue weighted by Gasteiger charge is -2.28. The summed E-state index contributed by atoms with van der Waals surface area (Å²) in [6.07, 6.45) is 0.302. The van der Waals surface area contributed by atoms with Crippen molar-refractivity contribution < 1.29 is 33.5 Å². The molecule has 1 aliphatic rings. The molecule has 0 spiro atoms. The Bertz CT molecular complexity index is 714. The topological polar surface area (TPSA) is 111 Å². The SMILES string of the molecule is CC(=O)N[C@H]1Cc2cccc(C(=O)OCOC(=O)C(C)(C)C)c2OB1O. The fraction of sp³-hybridized carbons (Fsp3) is 0.471. The molecule has 0 saturated heterocycles. The van der Waals surface area contributed by atoms with Gasteiger partial charge in [-0.25, -0.2) is 4.79 Å². The molecule has 0 bridgehead atoms. The maximum atomic E-state index is 12.3. The first-order chi connectivity index (χ1) is 12.1. The van der Waals surface area contributed by atoms with Gasteiger partial charge in [0, 0.05) is 6.92 Å². The zero-order chi connectivity index (χ0) is 19.5. The van der Waals surface area contributed by atoms with Crippen LogP contribution in [0.2, 0.25) is 0 Å². The largest absolute Gasteiger partial charge is 0.547 e. The van der Waals surface area contributed by atoms with E-state index < -0.39 is 37.2 Å². The lowest BCUT2D eigenvalue weighted by molar-refractivity contribution is -0.161. The van der Waals surface area contributed by atoms with E-state index in [1.807, 2.05) is 0 Å². The fourth-order valence-corrected chi connectivity index (χ4v) is 2.40. The average Bonchev–Trinajstić information content (AvgIpc) is 2.53. The van der Waals surface area contributed by atoms with Crippen LogP contribution in [-0.4, -0.2) is 42.7 Å². The van der Waals surface area contributed by atoms with Crippen LogP contribution in [0.5, 0.6) is 5.75 Å². The second-order valence-electron chi connectivity index (χ2n) is 7.04. The molecule has 26 heavy (non-hydrogen) atoms. The predicted octanol–water partition coefficient (Wildman–Crippen LogP) is 0.849. The van der Waals surface area contributed by atoms with E-state index in [2.05, 4.69) is 5.32 Å². The van der Waals surface area contributed by atoms with Crippen molar-refractivity contribution in [3.63, 3.8) is 0 Å². The summed E-state index contributed by atoms with van der Waals surface area (Å²) in [7, 11) is -1.29. The molecular weight excluding hydrogens is 341 g/mol. The standard InChI is InChI=1S/C17H22BNO7/c1-10(20)19-13-8-11-6-5-7-12(14(11)26-18(13)23)15(21)24-9-25-16(22)17(2,3)4/h5-7,13,23H,8-9H2,1-4H3,(H,19,20)/t13-/m0/s1. The molecule has 2 N–H and O–H groups in total. The number of benzene rings is 1. The Kier molecular flexibility index (Phi) is 5.92. The molecule has 8 nitrogen and oxygen atoms in total. The van der Waals surface area contributed by atoms with E-state index in [1.54, 1.807) is 32.9 Å². The number of para-hydroxylation sites is 1. The first-order valence-corrected chi connectivity index (χ1v) is 8.17. The summed E-state index contributed by atoms with van der Waals surface area (Å²) in [4.78, 5) is 35.1. The second-order valence-corrected chi connectivity index (χ2v) is 7.04. The van der Waals surface area contributed by atoms with Crippen LogP contribution in [0.15, 0.2) is 18.2 Å². The molecule has 1 aromatic carbocycles. The van der Waals surface area contributed by atoms with E-state index >= 15 is 0 Å². The first kappa shape index (κ1) is 19.8. The molecule has 0 aliphatic carbocycles. The number of carbonyl (C=O) groups is 3. The van der Waals surface area contributed by atoms with Crippen LogP contribution < -0.4 is 9.97 Å². The molecule has 0 unspecified atom stereocenters. The van der Waals surface area contributed by atoms with Gasteiger partial charge in [0.05, 0.1) is 11.4 Å². The van der Waals surface area contributed by atoms with Gasteiger partial charge in [0.2, 0.25) is 12.7 Å². The van der Waals surface area contributed by atoms with Gasteiger partial charge in [-0.05, 0) is 38.8 Å². The van der Waals surface area contributed by atoms with Crippen LogP contribution >= 0.6 is 0 Å². The second kappa shape index (κ2) is 7.78. The first-order valence-electron chi connectivity index (χ1n) is 8.17. The molecule has 0 radical (unpaired) electrons. The monoisotopic (exact) mass is 363 g/mol. The van der Waals surface area contributed by atoms with Crippen molar-refractivity contribution in [2.24, 2.45) is 5.41 Å². The van der Waals surface area contributed by atoms with Gasteiger partial charge in [0.15, 0.2) is 0 Å². The van der Waals surface area contributed by atoms with E-state index in [-0.39, 0.29) is 17.2 Å². The summed E-state index contributed by atoms with van der Waals surface area (Å²) in [6, 6.07) is 4.85. The number of hydrogen-bond acceptors (Lipinski definition) is 7. The summed E-state index contributed by atoms with van der Waals surface area (Å²) in [5.74, 6) is -1.95. The Balaban J connectivity index is 2.07. The normalized spacial score (nSPS) is 16.2. The van der Waals surface area contributed by atoms with E-state index in [4.69, 9.17) is 14.1 Å². The molecule has 1 heterocycles. The lowest BCUT2D eigenvalue weighted by atomic mass is 9.72. The molecule has 9 heteroatoms. The fourth-order valence-electron chi connectivity index (χ4n) is 2.40. The molecule has 0 aromatic heterocycles. The predicted molar refractivity (Wildman–Crippen MR) is 92.2 cm³/mol. The number of carbonyl (C=O) groups excluding carboxylic acids is 3. The minimum Gasteiger partial charge on any atom is -0.534 e. The molecule has 1 atom stereocenters. The number of nitrogens with one attached hydrogen (secondary N) is 1. The third-order valence-corrected chi connectivity index (χ3v) is 3.72. The number of fused-ring (bicyclic) bond motifs is 1. The van der Waals surface area contributed by atoms with Gasteiger partial charge >= 0.3 is 19.1 Å². The number of rotatable bonds is 4. The molecule has 140 valence electrons. The van der Waals surface area contributed by atoms with Crippen LogP contribution in [0.3, 0.4) is 0 Å². The van der Waals surface area contributed by atoms with Crippen LogP contribution in [0.25, 0.3) is 0 Å². The Morgan fingerprint density at radius 3 is 2.62 bits per heavy atom. The van der Waals surface area contributed by atoms with Crippen molar-refractivity contribution in [2.45, 2.75) is 40.1 Å². The summed E-state index contributed by atoms with van der Waals surface area (Å²) in [6.45, 7) is 5.88. The highest BCUT2D eigenvalue weighted by Crippen LogP contribution is 2.30. The summed E-state index contributed by atoms with van der Waals surface area (Å²) < 4.78 is 15.3. The van der Waals surface area contributed by atoms with E-state index in [0.717, 1.165) is 0 Å². The van der Waals surface area contributed by atoms with E-state index in [0.29, 0.717) is 12.0 Å². The van der Waals surface area contributed by atoms with Crippen LogP contribution in [0.4, 0.5) is 0 Å². The van der Waals surface area contributed by atoms with Gasteiger partial charge in [-0.2, -0.15) is 0 Å². The van der Waals surface area contributed by atoms with Gasteiger partial charge in [0.1, 0.15) is 11.3 Å². The van der Waals surface area contributed by atoms with Gasteiger partial charge in [-0.15, -0.1) is 0 Å². The smallest absolute Gasteiger partial charge is 0.534 e. The Morgan fingerprint density at radius 2 is 2.00 bits per heavy atom. The molecule has 1 aliphatic heterocycles. The maximum Gasteiger partial charge on any atom is 0.547 e. The van der Waals surface area contributed by atoms with Crippen molar-refractivity contribution in [1.29, 1.82) is 0 Å².